The third-order valence-electron chi connectivity index (χ3n) is 2.87. The van der Waals surface area contributed by atoms with Gasteiger partial charge in [-0.25, -0.2) is 8.42 Å². The van der Waals surface area contributed by atoms with Gasteiger partial charge in [0.25, 0.3) is 15.9 Å². The highest BCUT2D eigenvalue weighted by Crippen LogP contribution is 2.28. The van der Waals surface area contributed by atoms with Crippen LogP contribution in [-0.2, 0) is 10.0 Å². The van der Waals surface area contributed by atoms with Gasteiger partial charge in [0.1, 0.15) is 10.6 Å². The molecule has 0 aromatic heterocycles. The van der Waals surface area contributed by atoms with E-state index in [1.807, 2.05) is 0 Å². The van der Waals surface area contributed by atoms with Crippen molar-refractivity contribution in [3.05, 3.63) is 53.1 Å². The number of sulfonamides is 1. The Morgan fingerprint density at radius 3 is 2.50 bits per heavy atom. The number of hydrogen-bond donors (Lipinski definition) is 2. The molecule has 0 fully saturated rings. The first-order valence-corrected chi connectivity index (χ1v) is 7.96. The van der Waals surface area contributed by atoms with Crippen LogP contribution in [-0.4, -0.2) is 21.4 Å². The van der Waals surface area contributed by atoms with Crippen molar-refractivity contribution in [2.45, 2.75) is 4.90 Å². The summed E-state index contributed by atoms with van der Waals surface area (Å²) in [6, 6.07) is 10.2. The number of primary amides is 1. The molecule has 0 saturated carbocycles. The number of benzene rings is 2. The number of halogens is 1. The predicted octanol–water partition coefficient (Wildman–Crippen LogP) is 2.25. The second-order valence-corrected chi connectivity index (χ2v) is 6.37. The Labute approximate surface area is 132 Å². The normalized spacial score (nSPS) is 11.0. The number of para-hydroxylation sites is 1. The Bertz CT molecular complexity index is 821. The quantitative estimate of drug-likeness (QED) is 0.872. The molecule has 2 aromatic rings. The number of methoxy groups -OCH3 is 1. The zero-order valence-corrected chi connectivity index (χ0v) is 13.1. The van der Waals surface area contributed by atoms with Gasteiger partial charge in [-0.2, -0.15) is 0 Å². The van der Waals surface area contributed by atoms with Gasteiger partial charge in [0, 0.05) is 6.07 Å². The average molecular weight is 341 g/mol. The van der Waals surface area contributed by atoms with Gasteiger partial charge < -0.3 is 10.5 Å². The van der Waals surface area contributed by atoms with E-state index in [-0.39, 0.29) is 21.2 Å². The summed E-state index contributed by atoms with van der Waals surface area (Å²) in [6.45, 7) is 0. The Hall–Kier alpha value is -2.25. The number of rotatable bonds is 5. The summed E-state index contributed by atoms with van der Waals surface area (Å²) in [6.07, 6.45) is 0. The molecule has 0 radical (unpaired) electrons. The molecule has 3 N–H and O–H groups in total. The zero-order chi connectivity index (χ0) is 16.3. The molecular weight excluding hydrogens is 328 g/mol. The van der Waals surface area contributed by atoms with Gasteiger partial charge in [-0.15, -0.1) is 0 Å². The van der Waals surface area contributed by atoms with Crippen molar-refractivity contribution in [2.75, 3.05) is 11.8 Å². The molecule has 22 heavy (non-hydrogen) atoms. The summed E-state index contributed by atoms with van der Waals surface area (Å²) in [5.74, 6) is -0.305. The van der Waals surface area contributed by atoms with Gasteiger partial charge >= 0.3 is 0 Å². The summed E-state index contributed by atoms with van der Waals surface area (Å²) >= 11 is 5.97. The van der Waals surface area contributed by atoms with Crippen LogP contribution in [0.3, 0.4) is 0 Å². The van der Waals surface area contributed by atoms with E-state index in [0.717, 1.165) is 0 Å². The monoisotopic (exact) mass is 340 g/mol. The molecule has 0 atom stereocenters. The van der Waals surface area contributed by atoms with Crippen LogP contribution in [0, 0.1) is 0 Å². The van der Waals surface area contributed by atoms with Gasteiger partial charge in [0.05, 0.1) is 23.4 Å². The Morgan fingerprint density at radius 1 is 1.23 bits per heavy atom. The number of carbonyl (C=O) groups excluding carboxylic acids is 1. The van der Waals surface area contributed by atoms with E-state index in [2.05, 4.69) is 4.72 Å². The molecule has 2 rings (SSSR count). The topological polar surface area (TPSA) is 98.5 Å². The van der Waals surface area contributed by atoms with Gasteiger partial charge in [0.2, 0.25) is 0 Å². The molecule has 2 aromatic carbocycles. The number of carbonyl (C=O) groups is 1. The van der Waals surface area contributed by atoms with Crippen LogP contribution in [0.4, 0.5) is 5.69 Å². The summed E-state index contributed by atoms with van der Waals surface area (Å²) < 4.78 is 32.1. The van der Waals surface area contributed by atoms with E-state index < -0.39 is 15.9 Å². The minimum Gasteiger partial charge on any atom is -0.497 e. The van der Waals surface area contributed by atoms with E-state index in [9.17, 15) is 13.2 Å². The molecule has 0 bridgehead atoms. The number of ether oxygens (including phenoxy) is 1. The van der Waals surface area contributed by atoms with E-state index in [0.29, 0.717) is 5.75 Å². The van der Waals surface area contributed by atoms with Crippen molar-refractivity contribution in [1.29, 1.82) is 0 Å². The van der Waals surface area contributed by atoms with Crippen LogP contribution < -0.4 is 15.2 Å². The molecular formula is C14H13ClN2O4S. The molecule has 6 nitrogen and oxygen atoms in total. The van der Waals surface area contributed by atoms with Crippen LogP contribution >= 0.6 is 11.6 Å². The van der Waals surface area contributed by atoms with Crippen LogP contribution in [0.15, 0.2) is 47.4 Å². The fourth-order valence-corrected chi connectivity index (χ4v) is 3.43. The summed E-state index contributed by atoms with van der Waals surface area (Å²) in [4.78, 5) is 11.2. The van der Waals surface area contributed by atoms with Crippen molar-refractivity contribution in [2.24, 2.45) is 5.73 Å². The van der Waals surface area contributed by atoms with Crippen molar-refractivity contribution in [3.8, 4) is 5.75 Å². The minimum absolute atomic E-state index is 0.00315. The Morgan fingerprint density at radius 2 is 1.91 bits per heavy atom. The highest BCUT2D eigenvalue weighted by atomic mass is 35.5. The largest absolute Gasteiger partial charge is 0.497 e. The Kier molecular flexibility index (Phi) is 4.58. The first-order valence-electron chi connectivity index (χ1n) is 6.10. The highest BCUT2D eigenvalue weighted by Gasteiger charge is 2.20. The van der Waals surface area contributed by atoms with Crippen molar-refractivity contribution in [3.63, 3.8) is 0 Å². The molecule has 0 heterocycles. The average Bonchev–Trinajstić information content (AvgIpc) is 2.46. The molecule has 1 amide bonds. The fourth-order valence-electron chi connectivity index (χ4n) is 1.81. The van der Waals surface area contributed by atoms with Crippen molar-refractivity contribution < 1.29 is 17.9 Å². The van der Waals surface area contributed by atoms with Gasteiger partial charge in [-0.05, 0) is 24.3 Å². The fraction of sp³-hybridized carbons (Fsp3) is 0.0714. The van der Waals surface area contributed by atoms with E-state index in [4.69, 9.17) is 22.1 Å². The first kappa shape index (κ1) is 16.1. The standard InChI is InChI=1S/C14H13ClN2O4S/c1-21-9-6-7-13(11(15)8-9)22(19,20)17-12-5-3-2-4-10(12)14(16)18/h2-8,17H,1H3,(H2,16,18). The lowest BCUT2D eigenvalue weighted by Crippen LogP contribution is -2.18. The van der Waals surface area contributed by atoms with E-state index in [1.54, 1.807) is 12.1 Å². The zero-order valence-electron chi connectivity index (χ0n) is 11.5. The molecule has 0 aliphatic heterocycles. The first-order chi connectivity index (χ1) is 10.3. The van der Waals surface area contributed by atoms with Crippen LogP contribution in [0.25, 0.3) is 0 Å². The van der Waals surface area contributed by atoms with Gasteiger partial charge in [-0.1, -0.05) is 23.7 Å². The maximum Gasteiger partial charge on any atom is 0.263 e. The molecule has 8 heteroatoms. The van der Waals surface area contributed by atoms with Crippen molar-refractivity contribution >= 4 is 33.2 Å². The SMILES string of the molecule is COc1ccc(S(=O)(=O)Nc2ccccc2C(N)=O)c(Cl)c1. The van der Waals surface area contributed by atoms with Crippen molar-refractivity contribution in [1.82, 2.24) is 0 Å². The molecule has 0 spiro atoms. The predicted molar refractivity (Wildman–Crippen MR) is 83.8 cm³/mol. The molecule has 116 valence electrons. The maximum absolute atomic E-state index is 12.4. The number of nitrogens with one attached hydrogen (secondary N) is 1. The number of anilines is 1. The molecule has 0 saturated heterocycles. The minimum atomic E-state index is -3.97. The second-order valence-electron chi connectivity index (χ2n) is 4.31. The summed E-state index contributed by atoms with van der Waals surface area (Å²) in [5, 5.41) is 0.00315. The Balaban J connectivity index is 2.43. The smallest absolute Gasteiger partial charge is 0.263 e. The van der Waals surface area contributed by atoms with E-state index in [1.165, 1.54) is 37.4 Å². The second kappa shape index (κ2) is 6.25. The molecule has 0 unspecified atom stereocenters. The number of nitrogens with two attached hydrogens (primary N) is 1. The lowest BCUT2D eigenvalue weighted by Gasteiger charge is -2.12. The number of hydrogen-bond acceptors (Lipinski definition) is 4. The van der Waals surface area contributed by atoms with E-state index >= 15 is 0 Å². The summed E-state index contributed by atoms with van der Waals surface area (Å²) in [5.41, 5.74) is 5.37. The molecule has 0 aliphatic carbocycles. The lowest BCUT2D eigenvalue weighted by molar-refractivity contribution is 0.100. The van der Waals surface area contributed by atoms with Gasteiger partial charge in [0.15, 0.2) is 0 Å². The highest BCUT2D eigenvalue weighted by molar-refractivity contribution is 7.92. The number of amides is 1. The van der Waals surface area contributed by atoms with Crippen LogP contribution in [0.5, 0.6) is 5.75 Å². The summed E-state index contributed by atoms with van der Waals surface area (Å²) in [7, 11) is -2.52. The van der Waals surface area contributed by atoms with Gasteiger partial charge in [-0.3, -0.25) is 9.52 Å². The lowest BCUT2D eigenvalue weighted by atomic mass is 10.2. The third-order valence-corrected chi connectivity index (χ3v) is 4.71. The van der Waals surface area contributed by atoms with Crippen LogP contribution in [0.1, 0.15) is 10.4 Å². The maximum atomic E-state index is 12.4. The molecule has 0 aliphatic rings. The van der Waals surface area contributed by atoms with Crippen LogP contribution in [0.2, 0.25) is 5.02 Å². The third kappa shape index (κ3) is 3.32.